The van der Waals surface area contributed by atoms with E-state index in [9.17, 15) is 4.79 Å². The predicted octanol–water partition coefficient (Wildman–Crippen LogP) is -0.114. The lowest BCUT2D eigenvalue weighted by Crippen LogP contribution is -2.47. The van der Waals surface area contributed by atoms with Gasteiger partial charge in [-0.3, -0.25) is 4.79 Å². The highest BCUT2D eigenvalue weighted by Gasteiger charge is 2.24. The smallest absolute Gasteiger partial charge is 0.224 e. The second-order valence-corrected chi connectivity index (χ2v) is 4.24. The molecule has 0 aromatic rings. The van der Waals surface area contributed by atoms with Crippen molar-refractivity contribution >= 4 is 18.3 Å². The number of carbonyl (C=O) groups excluding carboxylic acids is 1. The number of hydrogen-bond acceptors (Lipinski definition) is 3. The lowest BCUT2D eigenvalue weighted by Gasteiger charge is -2.25. The lowest BCUT2D eigenvalue weighted by atomic mass is 10.0. The molecule has 2 fully saturated rings. The number of carbonyl (C=O) groups is 1. The molecule has 1 amide bonds. The topological polar surface area (TPSA) is 53.2 Å². The fourth-order valence-electron chi connectivity index (χ4n) is 2.17. The van der Waals surface area contributed by atoms with Gasteiger partial charge < -0.3 is 16.0 Å². The number of rotatable bonds is 2. The van der Waals surface area contributed by atoms with E-state index in [4.69, 9.17) is 0 Å². The molecule has 0 saturated carbocycles. The summed E-state index contributed by atoms with van der Waals surface area (Å²) in [7, 11) is 0. The van der Waals surface area contributed by atoms with Gasteiger partial charge >= 0.3 is 0 Å². The highest BCUT2D eigenvalue weighted by atomic mass is 35.5. The number of piperidine rings is 1. The summed E-state index contributed by atoms with van der Waals surface area (Å²) in [5.41, 5.74) is 0. The minimum atomic E-state index is 0. The highest BCUT2D eigenvalue weighted by molar-refractivity contribution is 5.85. The van der Waals surface area contributed by atoms with Crippen LogP contribution in [0.5, 0.6) is 0 Å². The second kappa shape index (κ2) is 6.30. The molecular formula is C10H20ClN3O. The van der Waals surface area contributed by atoms with Crippen molar-refractivity contribution < 1.29 is 4.79 Å². The first-order valence-corrected chi connectivity index (χ1v) is 5.58. The van der Waals surface area contributed by atoms with Crippen molar-refractivity contribution in [2.24, 2.45) is 5.92 Å². The van der Waals surface area contributed by atoms with Crippen LogP contribution in [0.2, 0.25) is 0 Å². The summed E-state index contributed by atoms with van der Waals surface area (Å²) in [5.74, 6) is 0.445. The van der Waals surface area contributed by atoms with Gasteiger partial charge in [-0.15, -0.1) is 12.4 Å². The fraction of sp³-hybridized carbons (Fsp3) is 0.900. The predicted molar refractivity (Wildman–Crippen MR) is 62.3 cm³/mol. The first-order valence-electron chi connectivity index (χ1n) is 5.58. The number of hydrogen-bond donors (Lipinski definition) is 3. The molecule has 2 aliphatic heterocycles. The summed E-state index contributed by atoms with van der Waals surface area (Å²) in [6.45, 7) is 3.87. The highest BCUT2D eigenvalue weighted by Crippen LogP contribution is 2.09. The van der Waals surface area contributed by atoms with Gasteiger partial charge in [-0.05, 0) is 32.4 Å². The van der Waals surface area contributed by atoms with Crippen LogP contribution in [0.25, 0.3) is 0 Å². The Morgan fingerprint density at radius 2 is 1.93 bits per heavy atom. The Kier molecular flexibility index (Phi) is 5.36. The van der Waals surface area contributed by atoms with Gasteiger partial charge in [-0.1, -0.05) is 0 Å². The van der Waals surface area contributed by atoms with E-state index in [1.807, 2.05) is 0 Å². The fourth-order valence-corrected chi connectivity index (χ4v) is 2.17. The molecule has 88 valence electrons. The summed E-state index contributed by atoms with van der Waals surface area (Å²) in [5, 5.41) is 9.63. The molecule has 0 aromatic heterocycles. The third kappa shape index (κ3) is 3.63. The van der Waals surface area contributed by atoms with E-state index in [0.29, 0.717) is 6.04 Å². The van der Waals surface area contributed by atoms with Crippen molar-refractivity contribution in [1.29, 1.82) is 0 Å². The average Bonchev–Trinajstić information content (AvgIpc) is 2.72. The number of halogens is 1. The quantitative estimate of drug-likeness (QED) is 0.624. The summed E-state index contributed by atoms with van der Waals surface area (Å²) in [6, 6.07) is 0.358. The number of nitrogens with one attached hydrogen (secondary N) is 3. The van der Waals surface area contributed by atoms with E-state index in [0.717, 1.165) is 39.0 Å². The molecule has 2 rings (SSSR count). The zero-order chi connectivity index (χ0) is 9.80. The summed E-state index contributed by atoms with van der Waals surface area (Å²) >= 11 is 0. The Morgan fingerprint density at radius 3 is 2.53 bits per heavy atom. The summed E-state index contributed by atoms with van der Waals surface area (Å²) in [4.78, 5) is 11.7. The van der Waals surface area contributed by atoms with Gasteiger partial charge in [0, 0.05) is 19.1 Å². The van der Waals surface area contributed by atoms with Crippen LogP contribution in [0, 0.1) is 5.92 Å². The average molecular weight is 234 g/mol. The molecule has 3 N–H and O–H groups in total. The zero-order valence-corrected chi connectivity index (χ0v) is 9.74. The molecule has 5 heteroatoms. The molecule has 0 spiro atoms. The van der Waals surface area contributed by atoms with Crippen LogP contribution in [-0.2, 0) is 4.79 Å². The minimum Gasteiger partial charge on any atom is -0.352 e. The Labute approximate surface area is 97.0 Å². The molecule has 2 atom stereocenters. The Hall–Kier alpha value is -0.320. The summed E-state index contributed by atoms with van der Waals surface area (Å²) < 4.78 is 0. The van der Waals surface area contributed by atoms with Gasteiger partial charge in [-0.25, -0.2) is 0 Å². The molecule has 0 bridgehead atoms. The van der Waals surface area contributed by atoms with E-state index < -0.39 is 0 Å². The van der Waals surface area contributed by atoms with Crippen molar-refractivity contribution in [3.8, 4) is 0 Å². The Morgan fingerprint density at radius 1 is 1.13 bits per heavy atom. The van der Waals surface area contributed by atoms with Crippen LogP contribution < -0.4 is 16.0 Å². The molecule has 0 aliphatic carbocycles. The van der Waals surface area contributed by atoms with E-state index >= 15 is 0 Å². The van der Waals surface area contributed by atoms with E-state index in [-0.39, 0.29) is 24.2 Å². The molecule has 0 aromatic carbocycles. The zero-order valence-electron chi connectivity index (χ0n) is 8.92. The maximum atomic E-state index is 11.7. The third-order valence-corrected chi connectivity index (χ3v) is 3.07. The van der Waals surface area contributed by atoms with Crippen LogP contribution in [0.15, 0.2) is 0 Å². The van der Waals surface area contributed by atoms with E-state index in [1.165, 1.54) is 6.42 Å². The molecule has 1 unspecified atom stereocenters. The first-order chi connectivity index (χ1) is 6.86. The molecule has 0 radical (unpaired) electrons. The van der Waals surface area contributed by atoms with Gasteiger partial charge in [0.05, 0.1) is 5.92 Å². The van der Waals surface area contributed by atoms with Crippen molar-refractivity contribution in [3.05, 3.63) is 0 Å². The van der Waals surface area contributed by atoms with Crippen LogP contribution in [0.1, 0.15) is 19.3 Å². The SMILES string of the molecule is Cl.O=C(N[C@@H]1CCCNC1)C1CCNC1. The van der Waals surface area contributed by atoms with Crippen molar-refractivity contribution in [2.45, 2.75) is 25.3 Å². The molecule has 15 heavy (non-hydrogen) atoms. The molecule has 4 nitrogen and oxygen atoms in total. The van der Waals surface area contributed by atoms with Crippen LogP contribution >= 0.6 is 12.4 Å². The minimum absolute atomic E-state index is 0. The van der Waals surface area contributed by atoms with Gasteiger partial charge in [-0.2, -0.15) is 0 Å². The largest absolute Gasteiger partial charge is 0.352 e. The second-order valence-electron chi connectivity index (χ2n) is 4.24. The van der Waals surface area contributed by atoms with Crippen molar-refractivity contribution in [2.75, 3.05) is 26.2 Å². The van der Waals surface area contributed by atoms with Gasteiger partial charge in [0.25, 0.3) is 0 Å². The van der Waals surface area contributed by atoms with Crippen LogP contribution in [-0.4, -0.2) is 38.1 Å². The molecule has 2 saturated heterocycles. The maximum absolute atomic E-state index is 11.7. The van der Waals surface area contributed by atoms with Gasteiger partial charge in [0.1, 0.15) is 0 Å². The lowest BCUT2D eigenvalue weighted by molar-refractivity contribution is -0.125. The van der Waals surface area contributed by atoms with Gasteiger partial charge in [0.2, 0.25) is 5.91 Å². The Bertz CT molecular complexity index is 201. The summed E-state index contributed by atoms with van der Waals surface area (Å²) in [6.07, 6.45) is 3.29. The van der Waals surface area contributed by atoms with E-state index in [1.54, 1.807) is 0 Å². The maximum Gasteiger partial charge on any atom is 0.224 e. The van der Waals surface area contributed by atoms with E-state index in [2.05, 4.69) is 16.0 Å². The molecule has 2 heterocycles. The van der Waals surface area contributed by atoms with Crippen molar-refractivity contribution in [3.63, 3.8) is 0 Å². The van der Waals surface area contributed by atoms with Crippen LogP contribution in [0.3, 0.4) is 0 Å². The molecule has 2 aliphatic rings. The standard InChI is InChI=1S/C10H19N3O.ClH/c14-10(8-3-5-12-6-8)13-9-2-1-4-11-7-9;/h8-9,11-12H,1-7H2,(H,13,14);1H/t8?,9-;/m1./s1. The third-order valence-electron chi connectivity index (χ3n) is 3.07. The Balaban J connectivity index is 0.00000112. The monoisotopic (exact) mass is 233 g/mol. The first kappa shape index (κ1) is 12.7. The number of amides is 1. The molecular weight excluding hydrogens is 214 g/mol. The van der Waals surface area contributed by atoms with Crippen molar-refractivity contribution in [1.82, 2.24) is 16.0 Å². The van der Waals surface area contributed by atoms with Crippen LogP contribution in [0.4, 0.5) is 0 Å². The normalized spacial score (nSPS) is 30.7. The van der Waals surface area contributed by atoms with Gasteiger partial charge in [0.15, 0.2) is 0 Å².